The minimum atomic E-state index is -0.760. The lowest BCUT2D eigenvalue weighted by atomic mass is 9.94. The summed E-state index contributed by atoms with van der Waals surface area (Å²) < 4.78 is 0. The molecule has 2 N–H and O–H groups in total. The van der Waals surface area contributed by atoms with Crippen molar-refractivity contribution in [2.45, 2.75) is 25.6 Å². The second-order valence-electron chi connectivity index (χ2n) is 3.20. The first kappa shape index (κ1) is 9.23. The molecule has 0 aromatic rings. The van der Waals surface area contributed by atoms with Crippen molar-refractivity contribution in [1.82, 2.24) is 0 Å². The fourth-order valence-electron chi connectivity index (χ4n) is 1.23. The molecule has 2 atom stereocenters. The topological polar surface area (TPSA) is 40.5 Å². The highest BCUT2D eigenvalue weighted by molar-refractivity contribution is 5.28. The smallest absolute Gasteiger partial charge is 0.105 e. The van der Waals surface area contributed by atoms with E-state index < -0.39 is 12.2 Å². The van der Waals surface area contributed by atoms with Crippen molar-refractivity contribution >= 4 is 0 Å². The molecule has 0 amide bonds. The van der Waals surface area contributed by atoms with E-state index in [2.05, 4.69) is 6.58 Å². The van der Waals surface area contributed by atoms with Crippen LogP contribution in [0, 0.1) is 0 Å². The fourth-order valence-corrected chi connectivity index (χ4v) is 1.23. The van der Waals surface area contributed by atoms with Crippen LogP contribution < -0.4 is 0 Å². The third kappa shape index (κ3) is 2.06. The van der Waals surface area contributed by atoms with Gasteiger partial charge in [-0.25, -0.2) is 0 Å². The van der Waals surface area contributed by atoms with E-state index in [1.54, 1.807) is 12.2 Å². The maximum Gasteiger partial charge on any atom is 0.105 e. The average molecular weight is 166 g/mol. The Morgan fingerprint density at radius 2 is 2.25 bits per heavy atom. The van der Waals surface area contributed by atoms with Crippen LogP contribution in [0.2, 0.25) is 0 Å². The van der Waals surface area contributed by atoms with Crippen LogP contribution in [0.15, 0.2) is 36.0 Å². The second kappa shape index (κ2) is 3.70. The zero-order valence-electron chi connectivity index (χ0n) is 7.20. The Morgan fingerprint density at radius 1 is 1.58 bits per heavy atom. The normalized spacial score (nSPS) is 28.4. The molecule has 2 nitrogen and oxygen atoms in total. The lowest BCUT2D eigenvalue weighted by Gasteiger charge is -2.21. The van der Waals surface area contributed by atoms with E-state index in [0.717, 1.165) is 11.1 Å². The van der Waals surface area contributed by atoms with Gasteiger partial charge in [-0.3, -0.25) is 0 Å². The molecule has 0 radical (unpaired) electrons. The Balaban J connectivity index is 2.69. The number of aliphatic hydroxyl groups excluding tert-OH is 2. The molecule has 0 aromatic carbocycles. The molecule has 0 aromatic heterocycles. The number of hydrogen-bond acceptors (Lipinski definition) is 2. The van der Waals surface area contributed by atoms with Crippen LogP contribution >= 0.6 is 0 Å². The SMILES string of the molecule is C=C(C)CC1=CC=C[C@H](O)[C@@H]1O. The maximum absolute atomic E-state index is 9.48. The Kier molecular flexibility index (Phi) is 2.84. The Bertz CT molecular complexity index is 238. The summed E-state index contributed by atoms with van der Waals surface area (Å²) in [5, 5.41) is 18.7. The molecule has 1 rings (SSSR count). The molecule has 0 spiro atoms. The van der Waals surface area contributed by atoms with Crippen LogP contribution in [0.4, 0.5) is 0 Å². The molecule has 66 valence electrons. The standard InChI is InChI=1S/C10H14O2/c1-7(2)6-8-4-3-5-9(11)10(8)12/h3-5,9-12H,1,6H2,2H3/t9-,10+/m0/s1. The van der Waals surface area contributed by atoms with Crippen molar-refractivity contribution in [3.05, 3.63) is 36.0 Å². The minimum Gasteiger partial charge on any atom is -0.386 e. The molecular formula is C10H14O2. The zero-order chi connectivity index (χ0) is 9.14. The highest BCUT2D eigenvalue weighted by atomic mass is 16.3. The van der Waals surface area contributed by atoms with Crippen LogP contribution in [-0.4, -0.2) is 22.4 Å². The predicted octanol–water partition coefficient (Wildman–Crippen LogP) is 1.17. The summed E-state index contributed by atoms with van der Waals surface area (Å²) in [5.41, 5.74) is 1.82. The van der Waals surface area contributed by atoms with Crippen LogP contribution in [-0.2, 0) is 0 Å². The first-order chi connectivity index (χ1) is 5.61. The van der Waals surface area contributed by atoms with E-state index >= 15 is 0 Å². The number of aliphatic hydroxyl groups is 2. The molecule has 0 unspecified atom stereocenters. The largest absolute Gasteiger partial charge is 0.386 e. The summed E-state index contributed by atoms with van der Waals surface area (Å²) >= 11 is 0. The predicted molar refractivity (Wildman–Crippen MR) is 48.7 cm³/mol. The molecule has 0 bridgehead atoms. The molecule has 1 aliphatic carbocycles. The first-order valence-corrected chi connectivity index (χ1v) is 3.99. The molecular weight excluding hydrogens is 152 g/mol. The van der Waals surface area contributed by atoms with Gasteiger partial charge in [0.25, 0.3) is 0 Å². The average Bonchev–Trinajstić information content (AvgIpc) is 1.98. The first-order valence-electron chi connectivity index (χ1n) is 3.99. The summed E-state index contributed by atoms with van der Waals surface area (Å²) in [4.78, 5) is 0. The zero-order valence-corrected chi connectivity index (χ0v) is 7.20. The summed E-state index contributed by atoms with van der Waals surface area (Å²) in [6.45, 7) is 5.65. The molecule has 0 saturated carbocycles. The van der Waals surface area contributed by atoms with Crippen molar-refractivity contribution in [1.29, 1.82) is 0 Å². The molecule has 1 aliphatic rings. The number of rotatable bonds is 2. The van der Waals surface area contributed by atoms with Gasteiger partial charge in [-0.05, 0) is 18.9 Å². The lowest BCUT2D eigenvalue weighted by molar-refractivity contribution is 0.0700. The molecule has 12 heavy (non-hydrogen) atoms. The van der Waals surface area contributed by atoms with Gasteiger partial charge >= 0.3 is 0 Å². The van der Waals surface area contributed by atoms with E-state index in [1.165, 1.54) is 0 Å². The third-order valence-electron chi connectivity index (χ3n) is 1.83. The molecule has 0 saturated heterocycles. The molecule has 2 heteroatoms. The molecule has 0 aliphatic heterocycles. The van der Waals surface area contributed by atoms with Gasteiger partial charge in [0.15, 0.2) is 0 Å². The molecule has 0 heterocycles. The fraction of sp³-hybridized carbons (Fsp3) is 0.400. The van der Waals surface area contributed by atoms with Gasteiger partial charge in [-0.1, -0.05) is 30.4 Å². The third-order valence-corrected chi connectivity index (χ3v) is 1.83. The highest BCUT2D eigenvalue weighted by Gasteiger charge is 2.19. The van der Waals surface area contributed by atoms with E-state index in [-0.39, 0.29) is 0 Å². The van der Waals surface area contributed by atoms with Crippen molar-refractivity contribution in [3.63, 3.8) is 0 Å². The van der Waals surface area contributed by atoms with Gasteiger partial charge < -0.3 is 10.2 Å². The minimum absolute atomic E-state index is 0.655. The summed E-state index contributed by atoms with van der Waals surface area (Å²) in [5.74, 6) is 0. The Labute approximate surface area is 72.5 Å². The van der Waals surface area contributed by atoms with Gasteiger partial charge in [0.05, 0.1) is 0 Å². The van der Waals surface area contributed by atoms with E-state index in [0.29, 0.717) is 6.42 Å². The van der Waals surface area contributed by atoms with Gasteiger partial charge in [-0.15, -0.1) is 0 Å². The van der Waals surface area contributed by atoms with Crippen molar-refractivity contribution in [2.75, 3.05) is 0 Å². The highest BCUT2D eigenvalue weighted by Crippen LogP contribution is 2.19. The molecule has 0 fully saturated rings. The summed E-state index contributed by atoms with van der Waals surface area (Å²) in [7, 11) is 0. The van der Waals surface area contributed by atoms with Gasteiger partial charge in [-0.2, -0.15) is 0 Å². The van der Waals surface area contributed by atoms with E-state index in [9.17, 15) is 10.2 Å². The van der Waals surface area contributed by atoms with Crippen LogP contribution in [0.3, 0.4) is 0 Å². The quantitative estimate of drug-likeness (QED) is 0.604. The van der Waals surface area contributed by atoms with Crippen LogP contribution in [0.5, 0.6) is 0 Å². The van der Waals surface area contributed by atoms with Gasteiger partial charge in [0.1, 0.15) is 12.2 Å². The lowest BCUT2D eigenvalue weighted by Crippen LogP contribution is -2.27. The summed E-state index contributed by atoms with van der Waals surface area (Å²) in [6, 6.07) is 0. The van der Waals surface area contributed by atoms with Crippen molar-refractivity contribution in [3.8, 4) is 0 Å². The second-order valence-corrected chi connectivity index (χ2v) is 3.20. The van der Waals surface area contributed by atoms with Gasteiger partial charge in [0, 0.05) is 0 Å². The Hall–Kier alpha value is -0.860. The monoisotopic (exact) mass is 166 g/mol. The van der Waals surface area contributed by atoms with Gasteiger partial charge in [0.2, 0.25) is 0 Å². The Morgan fingerprint density at radius 3 is 2.83 bits per heavy atom. The summed E-state index contributed by atoms with van der Waals surface area (Å²) in [6.07, 6.45) is 4.30. The van der Waals surface area contributed by atoms with Crippen molar-refractivity contribution in [2.24, 2.45) is 0 Å². The van der Waals surface area contributed by atoms with E-state index in [1.807, 2.05) is 13.0 Å². The number of hydrogen-bond donors (Lipinski definition) is 2. The van der Waals surface area contributed by atoms with E-state index in [4.69, 9.17) is 0 Å². The van der Waals surface area contributed by atoms with Crippen molar-refractivity contribution < 1.29 is 10.2 Å². The number of allylic oxidation sites excluding steroid dienone is 3. The van der Waals surface area contributed by atoms with Crippen LogP contribution in [0.1, 0.15) is 13.3 Å². The maximum atomic E-state index is 9.48. The van der Waals surface area contributed by atoms with Crippen LogP contribution in [0.25, 0.3) is 0 Å².